The number of ether oxygens (including phenoxy) is 1. The molecular formula is C18H24N2O3. The van der Waals surface area contributed by atoms with E-state index in [9.17, 15) is 4.79 Å². The minimum Gasteiger partial charge on any atom is -0.463 e. The van der Waals surface area contributed by atoms with E-state index in [1.165, 1.54) is 6.26 Å². The Kier molecular flexibility index (Phi) is 5.82. The van der Waals surface area contributed by atoms with Crippen LogP contribution in [0.5, 0.6) is 5.95 Å². The monoisotopic (exact) mass is 316 g/mol. The van der Waals surface area contributed by atoms with Crippen molar-refractivity contribution in [1.29, 1.82) is 0 Å². The minimum absolute atomic E-state index is 0.240. The lowest BCUT2D eigenvalue weighted by atomic mass is 10.1. The highest BCUT2D eigenvalue weighted by Crippen LogP contribution is 2.22. The highest BCUT2D eigenvalue weighted by atomic mass is 16.6. The van der Waals surface area contributed by atoms with Gasteiger partial charge in [-0.3, -0.25) is 4.79 Å². The molecule has 23 heavy (non-hydrogen) atoms. The van der Waals surface area contributed by atoms with Gasteiger partial charge in [0.1, 0.15) is 12.2 Å². The lowest BCUT2D eigenvalue weighted by Gasteiger charge is -2.10. The number of anilines is 1. The molecule has 0 aliphatic carbocycles. The van der Waals surface area contributed by atoms with E-state index >= 15 is 0 Å². The van der Waals surface area contributed by atoms with Gasteiger partial charge in [-0.25, -0.2) is 0 Å². The van der Waals surface area contributed by atoms with Gasteiger partial charge in [0.25, 0.3) is 11.9 Å². The van der Waals surface area contributed by atoms with Gasteiger partial charge < -0.3 is 19.8 Å². The van der Waals surface area contributed by atoms with E-state index in [1.54, 1.807) is 6.07 Å². The first-order valence-electron chi connectivity index (χ1n) is 7.79. The summed E-state index contributed by atoms with van der Waals surface area (Å²) in [5, 5.41) is 6.12. The zero-order valence-corrected chi connectivity index (χ0v) is 14.1. The molecule has 0 saturated carbocycles. The number of furan rings is 1. The van der Waals surface area contributed by atoms with Crippen molar-refractivity contribution in [3.8, 4) is 5.95 Å². The van der Waals surface area contributed by atoms with Gasteiger partial charge in [-0.15, -0.1) is 0 Å². The molecule has 1 heterocycles. The molecule has 0 radical (unpaired) electrons. The molecule has 0 aliphatic heterocycles. The first kappa shape index (κ1) is 17.1. The molecule has 1 aromatic carbocycles. The molecule has 0 aliphatic rings. The largest absolute Gasteiger partial charge is 0.463 e. The normalized spacial score (nSPS) is 10.8. The molecule has 5 heteroatoms. The molecule has 0 atom stereocenters. The van der Waals surface area contributed by atoms with Crippen molar-refractivity contribution in [1.82, 2.24) is 5.32 Å². The Hall–Kier alpha value is -2.27. The number of amides is 1. The molecule has 0 fully saturated rings. The van der Waals surface area contributed by atoms with Crippen molar-refractivity contribution in [3.05, 3.63) is 47.2 Å². The summed E-state index contributed by atoms with van der Waals surface area (Å²) < 4.78 is 10.8. The summed E-state index contributed by atoms with van der Waals surface area (Å²) in [5.41, 5.74) is 3.36. The summed E-state index contributed by atoms with van der Waals surface area (Å²) in [6.07, 6.45) is 1.46. The maximum absolute atomic E-state index is 12.4. The highest BCUT2D eigenvalue weighted by Gasteiger charge is 2.16. The number of rotatable bonds is 7. The second kappa shape index (κ2) is 7.83. The lowest BCUT2D eigenvalue weighted by Crippen LogP contribution is -2.27. The smallest absolute Gasteiger partial charge is 0.297 e. The van der Waals surface area contributed by atoms with E-state index in [0.29, 0.717) is 24.8 Å². The third kappa shape index (κ3) is 5.14. The predicted molar refractivity (Wildman–Crippen MR) is 91.2 cm³/mol. The number of carbonyl (C=O) groups is 1. The topological polar surface area (TPSA) is 63.5 Å². The van der Waals surface area contributed by atoms with Gasteiger partial charge in [-0.05, 0) is 43.2 Å². The molecule has 1 aromatic heterocycles. The summed E-state index contributed by atoms with van der Waals surface area (Å²) in [7, 11) is 0. The first-order chi connectivity index (χ1) is 11.0. The van der Waals surface area contributed by atoms with Gasteiger partial charge in [0.05, 0.1) is 6.26 Å². The SMILES string of the molecule is Cc1cc(C)cc(NC(=O)c2ccoc2OCCNC(C)C)c1. The average molecular weight is 316 g/mol. The van der Waals surface area contributed by atoms with Crippen LogP contribution in [0.2, 0.25) is 0 Å². The second-order valence-corrected chi connectivity index (χ2v) is 5.91. The quantitative estimate of drug-likeness (QED) is 0.767. The zero-order chi connectivity index (χ0) is 16.8. The van der Waals surface area contributed by atoms with E-state index in [0.717, 1.165) is 16.8 Å². The van der Waals surface area contributed by atoms with Gasteiger partial charge in [-0.1, -0.05) is 19.9 Å². The van der Waals surface area contributed by atoms with Gasteiger partial charge in [0.15, 0.2) is 0 Å². The number of aryl methyl sites for hydroxylation is 2. The molecule has 0 bridgehead atoms. The molecule has 5 nitrogen and oxygen atoms in total. The molecule has 2 N–H and O–H groups in total. The maximum Gasteiger partial charge on any atom is 0.297 e. The number of carbonyl (C=O) groups excluding carboxylic acids is 1. The van der Waals surface area contributed by atoms with E-state index in [4.69, 9.17) is 9.15 Å². The molecule has 124 valence electrons. The van der Waals surface area contributed by atoms with Crippen LogP contribution in [0.3, 0.4) is 0 Å². The Balaban J connectivity index is 1.98. The summed E-state index contributed by atoms with van der Waals surface area (Å²) in [6, 6.07) is 7.92. The average Bonchev–Trinajstić information content (AvgIpc) is 2.90. The van der Waals surface area contributed by atoms with Crippen molar-refractivity contribution in [2.75, 3.05) is 18.5 Å². The summed E-state index contributed by atoms with van der Waals surface area (Å²) >= 11 is 0. The van der Waals surface area contributed by atoms with Crippen LogP contribution in [0.25, 0.3) is 0 Å². The van der Waals surface area contributed by atoms with Crippen molar-refractivity contribution in [3.63, 3.8) is 0 Å². The van der Waals surface area contributed by atoms with Crippen LogP contribution < -0.4 is 15.4 Å². The molecule has 2 aromatic rings. The highest BCUT2D eigenvalue weighted by molar-refractivity contribution is 6.05. The van der Waals surface area contributed by atoms with Gasteiger partial charge in [0, 0.05) is 18.3 Å². The fraction of sp³-hybridized carbons (Fsp3) is 0.389. The molecular weight excluding hydrogens is 292 g/mol. The first-order valence-corrected chi connectivity index (χ1v) is 7.79. The summed E-state index contributed by atoms with van der Waals surface area (Å²) in [5.74, 6) is 0.00741. The molecule has 0 saturated heterocycles. The standard InChI is InChI=1S/C18H24N2O3/c1-12(2)19-6-8-23-18-16(5-7-22-18)17(21)20-15-10-13(3)9-14(4)11-15/h5,7,9-12,19H,6,8H2,1-4H3,(H,20,21). The Morgan fingerprint density at radius 3 is 2.57 bits per heavy atom. The lowest BCUT2D eigenvalue weighted by molar-refractivity contribution is 0.101. The molecule has 0 unspecified atom stereocenters. The minimum atomic E-state index is -0.240. The van der Waals surface area contributed by atoms with Crippen LogP contribution in [-0.4, -0.2) is 25.1 Å². The van der Waals surface area contributed by atoms with Gasteiger partial charge >= 0.3 is 0 Å². The Bertz CT molecular complexity index is 642. The van der Waals surface area contributed by atoms with E-state index in [-0.39, 0.29) is 11.9 Å². The second-order valence-electron chi connectivity index (χ2n) is 5.91. The number of nitrogens with one attached hydrogen (secondary N) is 2. The van der Waals surface area contributed by atoms with Crippen LogP contribution >= 0.6 is 0 Å². The fourth-order valence-electron chi connectivity index (χ4n) is 2.31. The number of benzene rings is 1. The Labute approximate surface area is 137 Å². The Morgan fingerprint density at radius 1 is 1.22 bits per heavy atom. The number of hydrogen-bond acceptors (Lipinski definition) is 4. The van der Waals surface area contributed by atoms with E-state index in [2.05, 4.69) is 30.5 Å². The predicted octanol–water partition coefficient (Wildman–Crippen LogP) is 3.53. The van der Waals surface area contributed by atoms with Gasteiger partial charge in [-0.2, -0.15) is 0 Å². The van der Waals surface area contributed by atoms with Crippen LogP contribution in [0.4, 0.5) is 5.69 Å². The third-order valence-electron chi connectivity index (χ3n) is 3.24. The van der Waals surface area contributed by atoms with Gasteiger partial charge in [0.2, 0.25) is 0 Å². The molecule has 0 spiro atoms. The zero-order valence-electron chi connectivity index (χ0n) is 14.1. The fourth-order valence-corrected chi connectivity index (χ4v) is 2.31. The van der Waals surface area contributed by atoms with Crippen molar-refractivity contribution >= 4 is 11.6 Å². The van der Waals surface area contributed by atoms with E-state index < -0.39 is 0 Å². The van der Waals surface area contributed by atoms with Crippen molar-refractivity contribution in [2.45, 2.75) is 33.7 Å². The third-order valence-corrected chi connectivity index (χ3v) is 3.24. The van der Waals surface area contributed by atoms with Crippen LogP contribution in [0, 0.1) is 13.8 Å². The maximum atomic E-state index is 12.4. The summed E-state index contributed by atoms with van der Waals surface area (Å²) in [6.45, 7) is 9.25. The summed E-state index contributed by atoms with van der Waals surface area (Å²) in [4.78, 5) is 12.4. The van der Waals surface area contributed by atoms with Crippen LogP contribution in [0.1, 0.15) is 35.3 Å². The molecule has 2 rings (SSSR count). The van der Waals surface area contributed by atoms with Crippen molar-refractivity contribution < 1.29 is 13.9 Å². The van der Waals surface area contributed by atoms with Crippen LogP contribution in [-0.2, 0) is 0 Å². The number of hydrogen-bond donors (Lipinski definition) is 2. The van der Waals surface area contributed by atoms with Crippen LogP contribution in [0.15, 0.2) is 34.9 Å². The molecule has 1 amide bonds. The van der Waals surface area contributed by atoms with Crippen molar-refractivity contribution in [2.24, 2.45) is 0 Å². The Morgan fingerprint density at radius 2 is 1.91 bits per heavy atom. The van der Waals surface area contributed by atoms with E-state index in [1.807, 2.05) is 26.0 Å².